The fourth-order valence-electron chi connectivity index (χ4n) is 3.32. The molecule has 2 N–H and O–H groups in total. The van der Waals surface area contributed by atoms with Gasteiger partial charge in [0.2, 0.25) is 5.91 Å². The summed E-state index contributed by atoms with van der Waals surface area (Å²) in [6.07, 6.45) is 2.05. The van der Waals surface area contributed by atoms with E-state index in [0.717, 1.165) is 24.2 Å². The molecule has 1 aliphatic heterocycles. The molecule has 2 heterocycles. The molecule has 3 rings (SSSR count). The van der Waals surface area contributed by atoms with Crippen molar-refractivity contribution < 1.29 is 9.53 Å². The second-order valence-corrected chi connectivity index (χ2v) is 7.87. The van der Waals surface area contributed by atoms with E-state index in [1.807, 2.05) is 35.8 Å². The van der Waals surface area contributed by atoms with Gasteiger partial charge in [0.15, 0.2) is 10.6 Å². The van der Waals surface area contributed by atoms with Crippen LogP contribution in [-0.4, -0.2) is 38.9 Å². The molecular formula is C19H26N4O2S. The maximum absolute atomic E-state index is 12.4. The lowest BCUT2D eigenvalue weighted by Crippen LogP contribution is -2.45. The standard InChI is InChI=1S/C19H26N4O2S/c1-13-4-6-14(7-5-13)17-21-22-18(26)23(17)10-8-16(24)20-15-9-11-25-19(2,3)12-15/h4-7,15H,8-12H2,1-3H3,(H,20,24)(H,22,26)/t15-/m1/s1. The number of amides is 1. The average molecular weight is 375 g/mol. The van der Waals surface area contributed by atoms with Crippen LogP contribution in [0.5, 0.6) is 0 Å². The molecule has 0 aliphatic carbocycles. The van der Waals surface area contributed by atoms with Gasteiger partial charge in [0.1, 0.15) is 0 Å². The molecule has 0 radical (unpaired) electrons. The number of carbonyl (C=O) groups is 1. The summed E-state index contributed by atoms with van der Waals surface area (Å²) in [5.41, 5.74) is 1.99. The van der Waals surface area contributed by atoms with Crippen molar-refractivity contribution in [2.24, 2.45) is 0 Å². The lowest BCUT2D eigenvalue weighted by molar-refractivity contribution is -0.124. The Kier molecular flexibility index (Phi) is 5.58. The number of benzene rings is 1. The molecular weight excluding hydrogens is 348 g/mol. The van der Waals surface area contributed by atoms with Crippen LogP contribution >= 0.6 is 12.2 Å². The van der Waals surface area contributed by atoms with Crippen LogP contribution in [0.1, 0.15) is 38.7 Å². The van der Waals surface area contributed by atoms with Gasteiger partial charge in [-0.15, -0.1) is 0 Å². The summed E-state index contributed by atoms with van der Waals surface area (Å²) in [4.78, 5) is 12.4. The second-order valence-electron chi connectivity index (χ2n) is 7.49. The number of ether oxygens (including phenoxy) is 1. The maximum Gasteiger partial charge on any atom is 0.222 e. The van der Waals surface area contributed by atoms with Crippen LogP contribution in [0.2, 0.25) is 0 Å². The molecule has 1 atom stereocenters. The van der Waals surface area contributed by atoms with Crippen LogP contribution < -0.4 is 5.32 Å². The normalized spacial score (nSPS) is 19.3. The Hall–Kier alpha value is -1.99. The van der Waals surface area contributed by atoms with E-state index in [2.05, 4.69) is 29.4 Å². The van der Waals surface area contributed by atoms with Gasteiger partial charge in [0, 0.05) is 31.2 Å². The zero-order valence-electron chi connectivity index (χ0n) is 15.5. The first-order valence-electron chi connectivity index (χ1n) is 9.00. The number of hydrogen-bond acceptors (Lipinski definition) is 4. The molecule has 1 fully saturated rings. The molecule has 1 saturated heterocycles. The fraction of sp³-hybridized carbons (Fsp3) is 0.526. The minimum Gasteiger partial charge on any atom is -0.375 e. The molecule has 140 valence electrons. The summed E-state index contributed by atoms with van der Waals surface area (Å²) < 4.78 is 8.11. The monoisotopic (exact) mass is 374 g/mol. The summed E-state index contributed by atoms with van der Waals surface area (Å²) in [6.45, 7) is 7.34. The average Bonchev–Trinajstić information content (AvgIpc) is 2.93. The third-order valence-electron chi connectivity index (χ3n) is 4.69. The molecule has 0 unspecified atom stereocenters. The summed E-state index contributed by atoms with van der Waals surface area (Å²) in [5, 5.41) is 10.3. The largest absolute Gasteiger partial charge is 0.375 e. The van der Waals surface area contributed by atoms with Crippen LogP contribution in [0, 0.1) is 11.7 Å². The van der Waals surface area contributed by atoms with Gasteiger partial charge in [0.25, 0.3) is 0 Å². The Balaban J connectivity index is 1.63. The SMILES string of the molecule is Cc1ccc(-c2n[nH]c(=S)n2CCC(=O)N[C@@H]2CCOC(C)(C)C2)cc1. The Labute approximate surface area is 159 Å². The molecule has 1 aromatic heterocycles. The Morgan fingerprint density at radius 3 is 2.85 bits per heavy atom. The lowest BCUT2D eigenvalue weighted by Gasteiger charge is -2.35. The number of aromatic nitrogens is 3. The van der Waals surface area contributed by atoms with Gasteiger partial charge in [-0.05, 0) is 45.8 Å². The highest BCUT2D eigenvalue weighted by Crippen LogP contribution is 2.24. The number of hydrogen-bond donors (Lipinski definition) is 2. The van der Waals surface area contributed by atoms with E-state index in [0.29, 0.717) is 24.3 Å². The number of rotatable bonds is 5. The quantitative estimate of drug-likeness (QED) is 0.787. The predicted molar refractivity (Wildman–Crippen MR) is 103 cm³/mol. The molecule has 1 aromatic carbocycles. The highest BCUT2D eigenvalue weighted by Gasteiger charge is 2.29. The minimum atomic E-state index is -0.179. The zero-order valence-corrected chi connectivity index (χ0v) is 16.4. The highest BCUT2D eigenvalue weighted by atomic mass is 32.1. The van der Waals surface area contributed by atoms with Gasteiger partial charge in [-0.2, -0.15) is 5.10 Å². The summed E-state index contributed by atoms with van der Waals surface area (Å²) >= 11 is 5.34. The third kappa shape index (κ3) is 4.59. The van der Waals surface area contributed by atoms with Crippen molar-refractivity contribution in [1.82, 2.24) is 20.1 Å². The first-order valence-corrected chi connectivity index (χ1v) is 9.40. The van der Waals surface area contributed by atoms with Crippen LogP contribution in [0.25, 0.3) is 11.4 Å². The van der Waals surface area contributed by atoms with Gasteiger partial charge in [-0.3, -0.25) is 14.5 Å². The second kappa shape index (κ2) is 7.72. The van der Waals surface area contributed by atoms with Gasteiger partial charge >= 0.3 is 0 Å². The van der Waals surface area contributed by atoms with Gasteiger partial charge < -0.3 is 10.1 Å². The van der Waals surface area contributed by atoms with Crippen molar-refractivity contribution in [1.29, 1.82) is 0 Å². The predicted octanol–water partition coefficient (Wildman–Crippen LogP) is 3.38. The van der Waals surface area contributed by atoms with Crippen molar-refractivity contribution in [2.45, 2.75) is 58.2 Å². The number of aryl methyl sites for hydroxylation is 1. The maximum atomic E-state index is 12.4. The number of nitrogens with zero attached hydrogens (tertiary/aromatic N) is 2. The van der Waals surface area contributed by atoms with Crippen LogP contribution in [0.3, 0.4) is 0 Å². The van der Waals surface area contributed by atoms with E-state index in [1.165, 1.54) is 5.56 Å². The Bertz CT molecular complexity index is 823. The fourth-order valence-corrected chi connectivity index (χ4v) is 3.54. The van der Waals surface area contributed by atoms with Crippen LogP contribution in [0.4, 0.5) is 0 Å². The number of aromatic amines is 1. The smallest absolute Gasteiger partial charge is 0.222 e. The molecule has 7 heteroatoms. The van der Waals surface area contributed by atoms with Crippen molar-refractivity contribution in [2.75, 3.05) is 6.61 Å². The van der Waals surface area contributed by atoms with Gasteiger partial charge in [0.05, 0.1) is 5.60 Å². The number of carbonyl (C=O) groups excluding carboxylic acids is 1. The number of nitrogens with one attached hydrogen (secondary N) is 2. The highest BCUT2D eigenvalue weighted by molar-refractivity contribution is 7.71. The summed E-state index contributed by atoms with van der Waals surface area (Å²) in [5.74, 6) is 0.792. The molecule has 26 heavy (non-hydrogen) atoms. The molecule has 6 nitrogen and oxygen atoms in total. The first kappa shape index (κ1) is 18.8. The molecule has 1 amide bonds. The molecule has 0 spiro atoms. The Morgan fingerprint density at radius 2 is 2.15 bits per heavy atom. The van der Waals surface area contributed by atoms with Gasteiger partial charge in [-0.1, -0.05) is 29.8 Å². The van der Waals surface area contributed by atoms with Crippen molar-refractivity contribution in [3.8, 4) is 11.4 Å². The Morgan fingerprint density at radius 1 is 1.42 bits per heavy atom. The van der Waals surface area contributed by atoms with Gasteiger partial charge in [-0.25, -0.2) is 0 Å². The van der Waals surface area contributed by atoms with E-state index in [9.17, 15) is 4.79 Å². The first-order chi connectivity index (χ1) is 12.3. The minimum absolute atomic E-state index is 0.0330. The van der Waals surface area contributed by atoms with Crippen LogP contribution in [-0.2, 0) is 16.1 Å². The van der Waals surface area contributed by atoms with E-state index in [-0.39, 0.29) is 17.6 Å². The van der Waals surface area contributed by atoms with Crippen molar-refractivity contribution in [3.05, 3.63) is 34.6 Å². The third-order valence-corrected chi connectivity index (χ3v) is 5.00. The summed E-state index contributed by atoms with van der Waals surface area (Å²) in [6, 6.07) is 8.27. The summed E-state index contributed by atoms with van der Waals surface area (Å²) in [7, 11) is 0. The van der Waals surface area contributed by atoms with Crippen molar-refractivity contribution >= 4 is 18.1 Å². The lowest BCUT2D eigenvalue weighted by atomic mass is 9.94. The molecule has 0 bridgehead atoms. The zero-order chi connectivity index (χ0) is 18.7. The molecule has 1 aliphatic rings. The topological polar surface area (TPSA) is 71.9 Å². The van der Waals surface area contributed by atoms with E-state index in [4.69, 9.17) is 17.0 Å². The van der Waals surface area contributed by atoms with E-state index < -0.39 is 0 Å². The van der Waals surface area contributed by atoms with E-state index >= 15 is 0 Å². The van der Waals surface area contributed by atoms with Crippen molar-refractivity contribution in [3.63, 3.8) is 0 Å². The van der Waals surface area contributed by atoms with E-state index in [1.54, 1.807) is 0 Å². The molecule has 0 saturated carbocycles. The number of H-pyrrole nitrogens is 1. The molecule has 2 aromatic rings. The van der Waals surface area contributed by atoms with Crippen LogP contribution in [0.15, 0.2) is 24.3 Å².